The fourth-order valence-corrected chi connectivity index (χ4v) is 4.75. The van der Waals surface area contributed by atoms with E-state index in [9.17, 15) is 19.5 Å². The topological polar surface area (TPSA) is 111 Å². The fourth-order valence-electron chi connectivity index (χ4n) is 4.62. The number of hydrogen-bond donors (Lipinski definition) is 2. The molecule has 202 valence electrons. The number of nitrogens with one attached hydrogen (secondary N) is 1. The van der Waals surface area contributed by atoms with Crippen LogP contribution >= 0.6 is 11.6 Å². The van der Waals surface area contributed by atoms with Gasteiger partial charge in [-0.1, -0.05) is 37.8 Å². The van der Waals surface area contributed by atoms with Crippen LogP contribution in [0.3, 0.4) is 0 Å². The van der Waals surface area contributed by atoms with Crippen molar-refractivity contribution in [2.45, 2.75) is 77.2 Å². The first kappa shape index (κ1) is 29.9. The number of hydrogen-bond acceptors (Lipinski definition) is 6. The Kier molecular flexibility index (Phi) is 13.1. The Balaban J connectivity index is 2.07. The first-order valence-corrected chi connectivity index (χ1v) is 13.2. The van der Waals surface area contributed by atoms with Crippen LogP contribution in [0.25, 0.3) is 0 Å². The molecule has 0 spiro atoms. The van der Waals surface area contributed by atoms with Crippen LogP contribution in [-0.2, 0) is 23.9 Å². The smallest absolute Gasteiger partial charge is 0.307 e. The monoisotopic (exact) mass is 525 g/mol. The molecule has 36 heavy (non-hydrogen) atoms. The summed E-state index contributed by atoms with van der Waals surface area (Å²) in [5.74, 6) is -1.51. The second-order valence-electron chi connectivity index (χ2n) is 9.55. The summed E-state index contributed by atoms with van der Waals surface area (Å²) >= 11 is 5.92. The van der Waals surface area contributed by atoms with Crippen molar-refractivity contribution in [2.75, 3.05) is 26.9 Å². The van der Waals surface area contributed by atoms with Gasteiger partial charge in [-0.15, -0.1) is 0 Å². The van der Waals surface area contributed by atoms with E-state index in [2.05, 4.69) is 5.32 Å². The number of unbranched alkanes of at least 4 members (excludes halogenated alkanes) is 1. The molecule has 1 aromatic rings. The van der Waals surface area contributed by atoms with Crippen LogP contribution in [0.4, 0.5) is 0 Å². The van der Waals surface area contributed by atoms with Crippen molar-refractivity contribution in [3.05, 3.63) is 29.3 Å². The molecule has 0 heterocycles. The zero-order chi connectivity index (χ0) is 26.4. The SMILES string of the molecule is CCCCOC(=O)C[C@H](CCOc1ccc(Cl)cc1)NC(=O)C1(C[C@@H](CCOC)C(=O)O)CCCC1. The Bertz CT molecular complexity index is 824. The van der Waals surface area contributed by atoms with E-state index < -0.39 is 23.3 Å². The number of rotatable bonds is 17. The van der Waals surface area contributed by atoms with Gasteiger partial charge in [0.05, 0.1) is 31.0 Å². The fraction of sp³-hybridized carbons (Fsp3) is 0.667. The normalized spacial score (nSPS) is 16.2. The summed E-state index contributed by atoms with van der Waals surface area (Å²) in [4.78, 5) is 37.9. The zero-order valence-corrected chi connectivity index (χ0v) is 22.2. The minimum atomic E-state index is -0.918. The van der Waals surface area contributed by atoms with Gasteiger partial charge in [0, 0.05) is 31.2 Å². The maximum Gasteiger partial charge on any atom is 0.307 e. The van der Waals surface area contributed by atoms with Gasteiger partial charge in [-0.25, -0.2) is 0 Å². The number of carboxylic acid groups (broad SMARTS) is 1. The van der Waals surface area contributed by atoms with Gasteiger partial charge in [-0.2, -0.15) is 0 Å². The van der Waals surface area contributed by atoms with Crippen LogP contribution in [0.15, 0.2) is 24.3 Å². The molecular formula is C27H40ClNO7. The minimum absolute atomic E-state index is 0.0293. The van der Waals surface area contributed by atoms with Crippen LogP contribution in [0.1, 0.15) is 71.1 Å². The number of aliphatic carboxylic acids is 1. The van der Waals surface area contributed by atoms with Crippen LogP contribution in [0.5, 0.6) is 5.75 Å². The average Bonchev–Trinajstić information content (AvgIpc) is 3.33. The van der Waals surface area contributed by atoms with Gasteiger partial charge in [-0.05, 0) is 56.4 Å². The Labute approximate surface area is 219 Å². The van der Waals surface area contributed by atoms with Crippen molar-refractivity contribution in [2.24, 2.45) is 11.3 Å². The summed E-state index contributed by atoms with van der Waals surface area (Å²) in [7, 11) is 1.53. The summed E-state index contributed by atoms with van der Waals surface area (Å²) in [5, 5.41) is 13.4. The van der Waals surface area contributed by atoms with Gasteiger partial charge in [0.2, 0.25) is 5.91 Å². The minimum Gasteiger partial charge on any atom is -0.494 e. The lowest BCUT2D eigenvalue weighted by Gasteiger charge is -2.32. The van der Waals surface area contributed by atoms with Gasteiger partial charge in [-0.3, -0.25) is 14.4 Å². The number of esters is 1. The number of halogens is 1. The molecule has 1 saturated carbocycles. The molecule has 1 aliphatic rings. The van der Waals surface area contributed by atoms with Crippen LogP contribution in [-0.4, -0.2) is 55.9 Å². The van der Waals surface area contributed by atoms with Crippen LogP contribution in [0.2, 0.25) is 5.02 Å². The zero-order valence-electron chi connectivity index (χ0n) is 21.4. The lowest BCUT2D eigenvalue weighted by molar-refractivity contribution is -0.145. The molecule has 2 atom stereocenters. The highest BCUT2D eigenvalue weighted by Crippen LogP contribution is 2.44. The number of carboxylic acids is 1. The van der Waals surface area contributed by atoms with Gasteiger partial charge < -0.3 is 24.6 Å². The number of carbonyl (C=O) groups is 3. The third kappa shape index (κ3) is 9.97. The van der Waals surface area contributed by atoms with Gasteiger partial charge in [0.25, 0.3) is 0 Å². The average molecular weight is 526 g/mol. The third-order valence-electron chi connectivity index (χ3n) is 6.76. The molecule has 9 heteroatoms. The molecule has 1 amide bonds. The molecule has 0 aliphatic heterocycles. The molecule has 0 radical (unpaired) electrons. The molecule has 2 N–H and O–H groups in total. The first-order valence-electron chi connectivity index (χ1n) is 12.9. The summed E-state index contributed by atoms with van der Waals surface area (Å²) < 4.78 is 16.2. The predicted octanol–water partition coefficient (Wildman–Crippen LogP) is 5.01. The predicted molar refractivity (Wildman–Crippen MR) is 137 cm³/mol. The number of amides is 1. The summed E-state index contributed by atoms with van der Waals surface area (Å²) in [6, 6.07) is 6.49. The Morgan fingerprint density at radius 3 is 2.39 bits per heavy atom. The second kappa shape index (κ2) is 15.7. The van der Waals surface area contributed by atoms with Crippen molar-refractivity contribution >= 4 is 29.4 Å². The summed E-state index contributed by atoms with van der Waals surface area (Å²) in [6.07, 6.45) is 5.73. The largest absolute Gasteiger partial charge is 0.494 e. The van der Waals surface area contributed by atoms with Crippen LogP contribution < -0.4 is 10.1 Å². The van der Waals surface area contributed by atoms with Crippen LogP contribution in [0, 0.1) is 11.3 Å². The molecule has 0 saturated heterocycles. The van der Waals surface area contributed by atoms with E-state index in [1.165, 1.54) is 7.11 Å². The quantitative estimate of drug-likeness (QED) is 0.217. The second-order valence-corrected chi connectivity index (χ2v) is 9.98. The maximum absolute atomic E-state index is 13.6. The van der Waals surface area contributed by atoms with Gasteiger partial charge in [0.1, 0.15) is 5.75 Å². The molecule has 1 aromatic carbocycles. The van der Waals surface area contributed by atoms with Crippen molar-refractivity contribution in [1.29, 1.82) is 0 Å². The summed E-state index contributed by atoms with van der Waals surface area (Å²) in [5.41, 5.74) is -0.766. The number of methoxy groups -OCH3 is 1. The highest BCUT2D eigenvalue weighted by molar-refractivity contribution is 6.30. The Hall–Kier alpha value is -2.32. The van der Waals surface area contributed by atoms with E-state index in [1.807, 2.05) is 6.92 Å². The highest BCUT2D eigenvalue weighted by atomic mass is 35.5. The first-order chi connectivity index (χ1) is 17.3. The van der Waals surface area contributed by atoms with E-state index in [-0.39, 0.29) is 31.3 Å². The maximum atomic E-state index is 13.6. The van der Waals surface area contributed by atoms with E-state index in [1.54, 1.807) is 24.3 Å². The van der Waals surface area contributed by atoms with E-state index in [0.717, 1.165) is 25.7 Å². The standard InChI is InChI=1S/C27H40ClNO7/c1-3-4-15-36-24(30)18-22(12-17-35-23-9-7-21(28)8-10-23)29-26(33)27(13-5-6-14-27)19-20(25(31)32)11-16-34-2/h7-10,20,22H,3-6,11-19H2,1-2H3,(H,29,33)(H,31,32)/t20-,22+/m1/s1. The Morgan fingerprint density at radius 1 is 1.08 bits per heavy atom. The lowest BCUT2D eigenvalue weighted by atomic mass is 9.75. The van der Waals surface area contributed by atoms with Gasteiger partial charge in [0.15, 0.2) is 0 Å². The molecular weight excluding hydrogens is 486 g/mol. The van der Waals surface area contributed by atoms with Crippen molar-refractivity contribution in [1.82, 2.24) is 5.32 Å². The Morgan fingerprint density at radius 2 is 1.78 bits per heavy atom. The third-order valence-corrected chi connectivity index (χ3v) is 7.01. The van der Waals surface area contributed by atoms with Crippen molar-refractivity contribution in [3.8, 4) is 5.75 Å². The molecule has 8 nitrogen and oxygen atoms in total. The molecule has 2 rings (SSSR count). The highest BCUT2D eigenvalue weighted by Gasteiger charge is 2.44. The van der Waals surface area contributed by atoms with Crippen molar-refractivity contribution < 1.29 is 33.7 Å². The molecule has 0 unspecified atom stereocenters. The molecule has 1 fully saturated rings. The van der Waals surface area contributed by atoms with E-state index >= 15 is 0 Å². The molecule has 0 aromatic heterocycles. The number of ether oxygens (including phenoxy) is 3. The number of carbonyl (C=O) groups excluding carboxylic acids is 2. The molecule has 1 aliphatic carbocycles. The van der Waals surface area contributed by atoms with E-state index in [4.69, 9.17) is 25.8 Å². The van der Waals surface area contributed by atoms with E-state index in [0.29, 0.717) is 49.7 Å². The number of benzene rings is 1. The molecule has 0 bridgehead atoms. The van der Waals surface area contributed by atoms with Gasteiger partial charge >= 0.3 is 11.9 Å². The summed E-state index contributed by atoms with van der Waals surface area (Å²) in [6.45, 7) is 2.97. The van der Waals surface area contributed by atoms with Crippen molar-refractivity contribution in [3.63, 3.8) is 0 Å². The lowest BCUT2D eigenvalue weighted by Crippen LogP contribution is -2.47.